The highest BCUT2D eigenvalue weighted by Gasteiger charge is 2.13. The molecule has 1 aromatic heterocycles. The monoisotopic (exact) mass is 222 g/mol. The third-order valence-corrected chi connectivity index (χ3v) is 2.24. The highest BCUT2D eigenvalue weighted by atomic mass is 35.5. The Morgan fingerprint density at radius 1 is 1.20 bits per heavy atom. The third-order valence-electron chi connectivity index (χ3n) is 1.99. The first-order valence-electron chi connectivity index (χ1n) is 4.33. The van der Waals surface area contributed by atoms with Crippen molar-refractivity contribution >= 4 is 24.2 Å². The van der Waals surface area contributed by atoms with Crippen molar-refractivity contribution in [3.63, 3.8) is 0 Å². The number of hydrogen-bond acceptors (Lipinski definition) is 3. The molecule has 0 saturated carbocycles. The summed E-state index contributed by atoms with van der Waals surface area (Å²) in [5.41, 5.74) is 1.16. The molecular weight excluding hydrogens is 214 g/mol. The molecule has 1 aromatic carbocycles. The van der Waals surface area contributed by atoms with Gasteiger partial charge in [-0.2, -0.15) is 5.10 Å². The summed E-state index contributed by atoms with van der Waals surface area (Å²) in [5.74, 6) is 0. The molecule has 4 nitrogen and oxygen atoms in total. The zero-order valence-corrected chi connectivity index (χ0v) is 8.46. The molecule has 0 radical (unpaired) electrons. The largest absolute Gasteiger partial charge is 0.491 e. The average molecular weight is 222 g/mol. The Bertz CT molecular complexity index is 455. The van der Waals surface area contributed by atoms with E-state index in [0.29, 0.717) is 10.5 Å². The second kappa shape index (κ2) is 4.06. The fourth-order valence-corrected chi connectivity index (χ4v) is 1.33. The molecule has 6 heteroatoms. The molecule has 0 unspecified atom stereocenters. The van der Waals surface area contributed by atoms with Crippen LogP contribution in [0.5, 0.6) is 0 Å². The minimum atomic E-state index is -1.49. The van der Waals surface area contributed by atoms with Crippen LogP contribution < -0.4 is 5.46 Å². The Hall–Kier alpha value is -1.30. The molecule has 2 aromatic rings. The number of hydrogen-bond donors (Lipinski definition) is 2. The summed E-state index contributed by atoms with van der Waals surface area (Å²) >= 11 is 5.75. The molecule has 0 aliphatic rings. The number of benzene rings is 1. The van der Waals surface area contributed by atoms with Crippen molar-refractivity contribution in [1.29, 1.82) is 0 Å². The van der Waals surface area contributed by atoms with Crippen molar-refractivity contribution in [3.05, 3.63) is 41.7 Å². The van der Waals surface area contributed by atoms with Gasteiger partial charge in [-0.25, -0.2) is 4.68 Å². The van der Waals surface area contributed by atoms with Gasteiger partial charge in [0.2, 0.25) is 0 Å². The molecule has 0 bridgehead atoms. The van der Waals surface area contributed by atoms with Gasteiger partial charge in [-0.3, -0.25) is 0 Å². The van der Waals surface area contributed by atoms with Crippen LogP contribution in [-0.2, 0) is 0 Å². The molecule has 0 aliphatic heterocycles. The van der Waals surface area contributed by atoms with Gasteiger partial charge in [0.15, 0.2) is 0 Å². The Labute approximate surface area is 91.9 Å². The maximum atomic E-state index is 8.91. The van der Waals surface area contributed by atoms with Crippen LogP contribution in [0.1, 0.15) is 0 Å². The normalized spacial score (nSPS) is 10.3. The summed E-state index contributed by atoms with van der Waals surface area (Å²) in [5, 5.41) is 22.5. The zero-order valence-electron chi connectivity index (χ0n) is 7.71. The van der Waals surface area contributed by atoms with E-state index in [4.69, 9.17) is 21.6 Å². The van der Waals surface area contributed by atoms with Crippen LogP contribution >= 0.6 is 11.6 Å². The van der Waals surface area contributed by atoms with E-state index in [-0.39, 0.29) is 0 Å². The Morgan fingerprint density at radius 2 is 1.87 bits per heavy atom. The predicted molar refractivity (Wildman–Crippen MR) is 58.4 cm³/mol. The van der Waals surface area contributed by atoms with Crippen LogP contribution in [0.25, 0.3) is 5.69 Å². The molecule has 0 saturated heterocycles. The fraction of sp³-hybridized carbons (Fsp3) is 0. The summed E-state index contributed by atoms with van der Waals surface area (Å²) in [7, 11) is -1.49. The molecule has 76 valence electrons. The van der Waals surface area contributed by atoms with Crippen molar-refractivity contribution in [1.82, 2.24) is 9.78 Å². The number of rotatable bonds is 2. The Morgan fingerprint density at radius 3 is 2.40 bits per heavy atom. The van der Waals surface area contributed by atoms with Gasteiger partial charge in [0, 0.05) is 22.9 Å². The Kier molecular flexibility index (Phi) is 2.77. The Balaban J connectivity index is 2.33. The van der Waals surface area contributed by atoms with Gasteiger partial charge in [0.25, 0.3) is 0 Å². The summed E-state index contributed by atoms with van der Waals surface area (Å²) in [6, 6.07) is 7.08. The molecule has 2 N–H and O–H groups in total. The van der Waals surface area contributed by atoms with E-state index in [9.17, 15) is 0 Å². The zero-order chi connectivity index (χ0) is 10.8. The standard InChI is InChI=1S/C9H8BClN2O2/c11-8-1-3-9(4-2-8)13-6-7(5-12-13)10(14)15/h1-6,14-15H. The van der Waals surface area contributed by atoms with E-state index < -0.39 is 7.12 Å². The molecular formula is C9H8BClN2O2. The van der Waals surface area contributed by atoms with Crippen LogP contribution in [0.2, 0.25) is 5.02 Å². The SMILES string of the molecule is OB(O)c1cnn(-c2ccc(Cl)cc2)c1. The topological polar surface area (TPSA) is 58.3 Å². The van der Waals surface area contributed by atoms with E-state index in [2.05, 4.69) is 5.10 Å². The maximum Gasteiger partial charge on any atom is 0.491 e. The first kappa shape index (κ1) is 10.2. The molecule has 1 heterocycles. The third kappa shape index (κ3) is 2.20. The van der Waals surface area contributed by atoms with Gasteiger partial charge in [-0.1, -0.05) is 11.6 Å². The van der Waals surface area contributed by atoms with Gasteiger partial charge < -0.3 is 10.0 Å². The highest BCUT2D eigenvalue weighted by Crippen LogP contribution is 2.11. The van der Waals surface area contributed by atoms with Gasteiger partial charge in [0.1, 0.15) is 0 Å². The fourth-order valence-electron chi connectivity index (χ4n) is 1.21. The maximum absolute atomic E-state index is 8.91. The summed E-state index contributed by atoms with van der Waals surface area (Å²) in [6.07, 6.45) is 2.95. The first-order chi connectivity index (χ1) is 7.16. The molecule has 0 amide bonds. The van der Waals surface area contributed by atoms with E-state index in [1.54, 1.807) is 35.1 Å². The van der Waals surface area contributed by atoms with Gasteiger partial charge in [0.05, 0.1) is 5.69 Å². The molecule has 0 aliphatic carbocycles. The smallest absolute Gasteiger partial charge is 0.423 e. The quantitative estimate of drug-likeness (QED) is 0.714. The van der Waals surface area contributed by atoms with E-state index in [1.807, 2.05) is 0 Å². The van der Waals surface area contributed by atoms with Gasteiger partial charge in [-0.05, 0) is 24.3 Å². The van der Waals surface area contributed by atoms with Crippen LogP contribution in [0.3, 0.4) is 0 Å². The van der Waals surface area contributed by atoms with Crippen molar-refractivity contribution in [3.8, 4) is 5.69 Å². The molecule has 0 atom stereocenters. The molecule has 15 heavy (non-hydrogen) atoms. The summed E-state index contributed by atoms with van der Waals surface area (Å²) in [6.45, 7) is 0. The average Bonchev–Trinajstić information content (AvgIpc) is 2.68. The number of aromatic nitrogens is 2. The van der Waals surface area contributed by atoms with Crippen molar-refractivity contribution in [2.75, 3.05) is 0 Å². The van der Waals surface area contributed by atoms with Crippen molar-refractivity contribution < 1.29 is 10.0 Å². The van der Waals surface area contributed by atoms with E-state index in [1.165, 1.54) is 6.20 Å². The lowest BCUT2D eigenvalue weighted by Gasteiger charge is -2.00. The van der Waals surface area contributed by atoms with Gasteiger partial charge >= 0.3 is 7.12 Å². The second-order valence-corrected chi connectivity index (χ2v) is 3.50. The second-order valence-electron chi connectivity index (χ2n) is 3.07. The van der Waals surface area contributed by atoms with Crippen molar-refractivity contribution in [2.24, 2.45) is 0 Å². The summed E-state index contributed by atoms with van der Waals surface area (Å²) in [4.78, 5) is 0. The number of nitrogens with zero attached hydrogens (tertiary/aromatic N) is 2. The molecule has 0 fully saturated rings. The minimum absolute atomic E-state index is 0.352. The summed E-state index contributed by atoms with van der Waals surface area (Å²) < 4.78 is 1.55. The van der Waals surface area contributed by atoms with Crippen LogP contribution in [0.4, 0.5) is 0 Å². The van der Waals surface area contributed by atoms with Crippen LogP contribution in [0, 0.1) is 0 Å². The van der Waals surface area contributed by atoms with E-state index >= 15 is 0 Å². The lowest BCUT2D eigenvalue weighted by atomic mass is 9.83. The van der Waals surface area contributed by atoms with Crippen molar-refractivity contribution in [2.45, 2.75) is 0 Å². The van der Waals surface area contributed by atoms with E-state index in [0.717, 1.165) is 5.69 Å². The van der Waals surface area contributed by atoms with Crippen LogP contribution in [-0.4, -0.2) is 26.9 Å². The molecule has 2 rings (SSSR count). The van der Waals surface area contributed by atoms with Gasteiger partial charge in [-0.15, -0.1) is 0 Å². The first-order valence-corrected chi connectivity index (χ1v) is 4.71. The highest BCUT2D eigenvalue weighted by molar-refractivity contribution is 6.58. The number of halogens is 1. The lowest BCUT2D eigenvalue weighted by molar-refractivity contribution is 0.426. The molecule has 0 spiro atoms. The van der Waals surface area contributed by atoms with Crippen LogP contribution in [0.15, 0.2) is 36.7 Å². The predicted octanol–water partition coefficient (Wildman–Crippen LogP) is 0.205. The minimum Gasteiger partial charge on any atom is -0.423 e. The lowest BCUT2D eigenvalue weighted by Crippen LogP contribution is -2.28.